The van der Waals surface area contributed by atoms with Crippen molar-refractivity contribution in [1.82, 2.24) is 4.90 Å². The molecule has 1 N–H and O–H groups in total. The molecule has 1 aromatic carbocycles. The molecule has 5 nitrogen and oxygen atoms in total. The lowest BCUT2D eigenvalue weighted by Crippen LogP contribution is -2.40. The van der Waals surface area contributed by atoms with E-state index in [1.807, 2.05) is 12.1 Å². The highest BCUT2D eigenvalue weighted by Crippen LogP contribution is 2.23. The number of hydrogen-bond donors (Lipinski definition) is 1. The third kappa shape index (κ3) is 3.87. The van der Waals surface area contributed by atoms with Gasteiger partial charge in [-0.25, -0.2) is 4.79 Å². The first-order valence-electron chi connectivity index (χ1n) is 6.97. The highest BCUT2D eigenvalue weighted by atomic mass is 16.5. The van der Waals surface area contributed by atoms with Gasteiger partial charge in [0.25, 0.3) is 0 Å². The molecule has 1 heterocycles. The Hall–Kier alpha value is -1.75. The maximum Gasteiger partial charge on any atom is 0.411 e. The van der Waals surface area contributed by atoms with Crippen molar-refractivity contribution in [2.75, 3.05) is 32.6 Å². The van der Waals surface area contributed by atoms with E-state index in [4.69, 9.17) is 9.47 Å². The summed E-state index contributed by atoms with van der Waals surface area (Å²) in [6, 6.07) is 7.60. The predicted octanol–water partition coefficient (Wildman–Crippen LogP) is 2.73. The number of carbonyl (C=O) groups is 1. The van der Waals surface area contributed by atoms with Crippen molar-refractivity contribution in [3.8, 4) is 5.75 Å². The van der Waals surface area contributed by atoms with Crippen LogP contribution in [-0.2, 0) is 4.74 Å². The highest BCUT2D eigenvalue weighted by molar-refractivity contribution is 5.86. The number of anilines is 1. The fraction of sp³-hybridized carbons (Fsp3) is 0.533. The van der Waals surface area contributed by atoms with Crippen LogP contribution in [-0.4, -0.2) is 44.3 Å². The van der Waals surface area contributed by atoms with Crippen molar-refractivity contribution in [2.24, 2.45) is 0 Å². The van der Waals surface area contributed by atoms with Crippen molar-refractivity contribution in [3.05, 3.63) is 24.3 Å². The molecule has 0 saturated carbocycles. The molecule has 0 radical (unpaired) electrons. The number of para-hydroxylation sites is 2. The zero-order chi connectivity index (χ0) is 14.4. The van der Waals surface area contributed by atoms with E-state index < -0.39 is 6.09 Å². The number of carbonyl (C=O) groups excluding carboxylic acids is 1. The summed E-state index contributed by atoms with van der Waals surface area (Å²) in [7, 11) is 3.65. The molecule has 20 heavy (non-hydrogen) atoms. The van der Waals surface area contributed by atoms with E-state index in [9.17, 15) is 4.79 Å². The number of likely N-dealkylation sites (tertiary alicyclic amines) is 1. The SMILES string of the molecule is COc1ccccc1NC(=O)OC[C@H]1CCCCN1C. The van der Waals surface area contributed by atoms with E-state index in [1.54, 1.807) is 19.2 Å². The second kappa shape index (κ2) is 7.14. The Kier molecular flexibility index (Phi) is 5.24. The maximum absolute atomic E-state index is 11.8. The molecule has 0 aliphatic carbocycles. The van der Waals surface area contributed by atoms with Crippen LogP contribution in [0.1, 0.15) is 19.3 Å². The minimum absolute atomic E-state index is 0.326. The number of likely N-dealkylation sites (N-methyl/N-ethyl adjacent to an activating group) is 1. The minimum atomic E-state index is -0.437. The average molecular weight is 278 g/mol. The van der Waals surface area contributed by atoms with Gasteiger partial charge in [-0.15, -0.1) is 0 Å². The van der Waals surface area contributed by atoms with Gasteiger partial charge in [0.2, 0.25) is 0 Å². The summed E-state index contributed by atoms with van der Waals surface area (Å²) in [4.78, 5) is 14.1. The molecule has 110 valence electrons. The van der Waals surface area contributed by atoms with Crippen molar-refractivity contribution < 1.29 is 14.3 Å². The molecule has 1 saturated heterocycles. The second-order valence-corrected chi connectivity index (χ2v) is 5.05. The summed E-state index contributed by atoms with van der Waals surface area (Å²) in [5.41, 5.74) is 0.622. The zero-order valence-corrected chi connectivity index (χ0v) is 12.1. The van der Waals surface area contributed by atoms with Crippen LogP contribution < -0.4 is 10.1 Å². The molecule has 1 amide bonds. The third-order valence-electron chi connectivity index (χ3n) is 3.67. The van der Waals surface area contributed by atoms with Crippen LogP contribution >= 0.6 is 0 Å². The van der Waals surface area contributed by atoms with Crippen LogP contribution in [0.2, 0.25) is 0 Å². The van der Waals surface area contributed by atoms with Crippen LogP contribution in [0.15, 0.2) is 24.3 Å². The van der Waals surface area contributed by atoms with Crippen LogP contribution in [0.5, 0.6) is 5.75 Å². The van der Waals surface area contributed by atoms with E-state index in [2.05, 4.69) is 17.3 Å². The Morgan fingerprint density at radius 3 is 2.95 bits per heavy atom. The van der Waals surface area contributed by atoms with Crippen LogP contribution in [0.3, 0.4) is 0 Å². The van der Waals surface area contributed by atoms with Gasteiger partial charge >= 0.3 is 6.09 Å². The molecule has 5 heteroatoms. The number of nitrogens with one attached hydrogen (secondary N) is 1. The quantitative estimate of drug-likeness (QED) is 0.920. The third-order valence-corrected chi connectivity index (χ3v) is 3.67. The standard InChI is InChI=1S/C15H22N2O3/c1-17-10-6-5-7-12(17)11-20-15(18)16-13-8-3-4-9-14(13)19-2/h3-4,8-9,12H,5-7,10-11H2,1-2H3,(H,16,18)/t12-/m1/s1. The van der Waals surface area contributed by atoms with Crippen molar-refractivity contribution in [3.63, 3.8) is 0 Å². The topological polar surface area (TPSA) is 50.8 Å². The number of ether oxygens (including phenoxy) is 2. The Morgan fingerprint density at radius 1 is 1.40 bits per heavy atom. The maximum atomic E-state index is 11.8. The second-order valence-electron chi connectivity index (χ2n) is 5.05. The van der Waals surface area contributed by atoms with Gasteiger partial charge in [-0.05, 0) is 38.6 Å². The van der Waals surface area contributed by atoms with E-state index >= 15 is 0 Å². The van der Waals surface area contributed by atoms with Crippen molar-refractivity contribution in [2.45, 2.75) is 25.3 Å². The van der Waals surface area contributed by atoms with E-state index in [0.717, 1.165) is 13.0 Å². The van der Waals surface area contributed by atoms with E-state index in [-0.39, 0.29) is 0 Å². The largest absolute Gasteiger partial charge is 0.495 e. The summed E-state index contributed by atoms with van der Waals surface area (Å²) in [5, 5.41) is 2.71. The lowest BCUT2D eigenvalue weighted by molar-refractivity contribution is 0.0907. The predicted molar refractivity (Wildman–Crippen MR) is 78.2 cm³/mol. The van der Waals surface area contributed by atoms with Gasteiger partial charge in [-0.3, -0.25) is 5.32 Å². The average Bonchev–Trinajstić information content (AvgIpc) is 2.47. The normalized spacial score (nSPS) is 19.4. The molecule has 2 rings (SSSR count). The van der Waals surface area contributed by atoms with Crippen molar-refractivity contribution in [1.29, 1.82) is 0 Å². The van der Waals surface area contributed by atoms with Gasteiger partial charge in [0.15, 0.2) is 0 Å². The Labute approximate surface area is 119 Å². The molecule has 0 bridgehead atoms. The van der Waals surface area contributed by atoms with Crippen LogP contribution in [0.25, 0.3) is 0 Å². The van der Waals surface area contributed by atoms with Gasteiger partial charge in [0.1, 0.15) is 12.4 Å². The van der Waals surface area contributed by atoms with Crippen LogP contribution in [0, 0.1) is 0 Å². The summed E-state index contributed by atoms with van der Waals surface area (Å²) in [6.07, 6.45) is 3.07. The first-order chi connectivity index (χ1) is 9.70. The molecular weight excluding hydrogens is 256 g/mol. The number of hydrogen-bond acceptors (Lipinski definition) is 4. The molecule has 1 aliphatic rings. The molecule has 1 atom stereocenters. The molecular formula is C15H22N2O3. The first kappa shape index (κ1) is 14.7. The molecule has 0 aromatic heterocycles. The smallest absolute Gasteiger partial charge is 0.411 e. The Morgan fingerprint density at radius 2 is 2.20 bits per heavy atom. The number of piperidine rings is 1. The molecule has 1 aliphatic heterocycles. The Bertz CT molecular complexity index is 450. The lowest BCUT2D eigenvalue weighted by Gasteiger charge is -2.31. The Balaban J connectivity index is 1.83. The van der Waals surface area contributed by atoms with Gasteiger partial charge in [0.05, 0.1) is 12.8 Å². The number of amides is 1. The van der Waals surface area contributed by atoms with E-state index in [1.165, 1.54) is 12.8 Å². The van der Waals surface area contributed by atoms with Gasteiger partial charge in [-0.1, -0.05) is 18.6 Å². The van der Waals surface area contributed by atoms with Gasteiger partial charge < -0.3 is 14.4 Å². The highest BCUT2D eigenvalue weighted by Gasteiger charge is 2.20. The molecule has 1 aromatic rings. The first-order valence-corrected chi connectivity index (χ1v) is 6.97. The number of rotatable bonds is 4. The zero-order valence-electron chi connectivity index (χ0n) is 12.1. The van der Waals surface area contributed by atoms with Crippen molar-refractivity contribution >= 4 is 11.8 Å². The molecule has 0 unspecified atom stereocenters. The summed E-state index contributed by atoms with van der Waals surface area (Å²) < 4.78 is 10.5. The van der Waals surface area contributed by atoms with Gasteiger partial charge in [0, 0.05) is 6.04 Å². The van der Waals surface area contributed by atoms with Gasteiger partial charge in [-0.2, -0.15) is 0 Å². The number of nitrogens with zero attached hydrogens (tertiary/aromatic N) is 1. The minimum Gasteiger partial charge on any atom is -0.495 e. The fourth-order valence-corrected chi connectivity index (χ4v) is 2.42. The number of benzene rings is 1. The van der Waals surface area contributed by atoms with E-state index in [0.29, 0.717) is 24.1 Å². The molecule has 0 spiro atoms. The summed E-state index contributed by atoms with van der Waals surface area (Å²) in [5.74, 6) is 0.624. The monoisotopic (exact) mass is 278 g/mol. The summed E-state index contributed by atoms with van der Waals surface area (Å²) >= 11 is 0. The summed E-state index contributed by atoms with van der Waals surface area (Å²) in [6.45, 7) is 1.50. The van der Waals surface area contributed by atoms with Crippen LogP contribution in [0.4, 0.5) is 10.5 Å². The lowest BCUT2D eigenvalue weighted by atomic mass is 10.0. The number of methoxy groups -OCH3 is 1. The molecule has 1 fully saturated rings. The fourth-order valence-electron chi connectivity index (χ4n) is 2.42.